The maximum atomic E-state index is 12.0. The second kappa shape index (κ2) is 5.44. The zero-order valence-electron chi connectivity index (χ0n) is 11.9. The minimum absolute atomic E-state index is 0.0792. The van der Waals surface area contributed by atoms with Crippen molar-refractivity contribution >= 4 is 11.0 Å². The third-order valence-electron chi connectivity index (χ3n) is 3.44. The van der Waals surface area contributed by atoms with Crippen LogP contribution in [0.1, 0.15) is 11.1 Å². The van der Waals surface area contributed by atoms with Gasteiger partial charge in [0.05, 0.1) is 7.11 Å². The number of fused-ring (bicyclic) bond motifs is 1. The molecule has 0 saturated carbocycles. The van der Waals surface area contributed by atoms with E-state index in [-0.39, 0.29) is 11.5 Å². The first kappa shape index (κ1) is 14.0. The number of hydrogen-bond donors (Lipinski definition) is 2. The van der Waals surface area contributed by atoms with Crippen LogP contribution in [-0.2, 0) is 6.42 Å². The quantitative estimate of drug-likeness (QED) is 0.727. The molecule has 0 aliphatic carbocycles. The topological polar surface area (TPSA) is 79.9 Å². The Balaban J connectivity index is 2.06. The third-order valence-corrected chi connectivity index (χ3v) is 3.44. The predicted molar refractivity (Wildman–Crippen MR) is 81.6 cm³/mol. The highest BCUT2D eigenvalue weighted by atomic mass is 16.5. The van der Waals surface area contributed by atoms with Crippen molar-refractivity contribution in [2.75, 3.05) is 7.11 Å². The summed E-state index contributed by atoms with van der Waals surface area (Å²) < 4.78 is 10.3. The van der Waals surface area contributed by atoms with Crippen LogP contribution in [0.15, 0.2) is 51.7 Å². The average Bonchev–Trinajstić information content (AvgIpc) is 2.50. The standard InChI is InChI=1S/C17H14O5/c1-21-16-8-11-7-12(6-10-2-4-13(18)5-3-10)17(20)22-15(11)9-14(16)19/h2-5,7-9,18-19H,6H2,1H3. The van der Waals surface area contributed by atoms with E-state index in [2.05, 4.69) is 0 Å². The molecule has 1 aromatic heterocycles. The fourth-order valence-electron chi connectivity index (χ4n) is 2.30. The molecule has 5 nitrogen and oxygen atoms in total. The maximum absolute atomic E-state index is 12.0. The van der Waals surface area contributed by atoms with E-state index in [4.69, 9.17) is 9.15 Å². The van der Waals surface area contributed by atoms with Gasteiger partial charge in [-0.1, -0.05) is 12.1 Å². The van der Waals surface area contributed by atoms with Crippen molar-refractivity contribution in [3.05, 3.63) is 64.0 Å². The molecular weight excluding hydrogens is 284 g/mol. The smallest absolute Gasteiger partial charge is 0.339 e. The first-order valence-electron chi connectivity index (χ1n) is 6.68. The summed E-state index contributed by atoms with van der Waals surface area (Å²) in [4.78, 5) is 12.0. The molecule has 0 amide bonds. The summed E-state index contributed by atoms with van der Waals surface area (Å²) in [6, 6.07) is 11.3. The Morgan fingerprint density at radius 2 is 1.82 bits per heavy atom. The van der Waals surface area contributed by atoms with Crippen LogP contribution < -0.4 is 10.4 Å². The van der Waals surface area contributed by atoms with Gasteiger partial charge in [-0.2, -0.15) is 0 Å². The molecule has 0 aliphatic heterocycles. The molecule has 0 radical (unpaired) electrons. The number of phenols is 2. The number of phenolic OH excluding ortho intramolecular Hbond substituents is 2. The minimum atomic E-state index is -0.454. The van der Waals surface area contributed by atoms with Gasteiger partial charge in [0.1, 0.15) is 11.3 Å². The van der Waals surface area contributed by atoms with Gasteiger partial charge < -0.3 is 19.4 Å². The molecule has 0 bridgehead atoms. The van der Waals surface area contributed by atoms with Gasteiger partial charge in [-0.15, -0.1) is 0 Å². The lowest BCUT2D eigenvalue weighted by Gasteiger charge is -2.06. The third kappa shape index (κ3) is 2.61. The van der Waals surface area contributed by atoms with Gasteiger partial charge in [0.25, 0.3) is 0 Å². The number of methoxy groups -OCH3 is 1. The van der Waals surface area contributed by atoms with E-state index in [1.807, 2.05) is 0 Å². The van der Waals surface area contributed by atoms with Gasteiger partial charge in [0.2, 0.25) is 0 Å². The molecule has 0 aliphatic rings. The molecule has 1 heterocycles. The first-order chi connectivity index (χ1) is 10.6. The molecule has 2 N–H and O–H groups in total. The van der Waals surface area contributed by atoms with E-state index in [1.54, 1.807) is 36.4 Å². The molecule has 3 aromatic rings. The Morgan fingerprint density at radius 1 is 1.09 bits per heavy atom. The molecule has 0 saturated heterocycles. The van der Waals surface area contributed by atoms with E-state index in [1.165, 1.54) is 13.2 Å². The lowest BCUT2D eigenvalue weighted by molar-refractivity contribution is 0.373. The Labute approximate surface area is 126 Å². The zero-order valence-corrected chi connectivity index (χ0v) is 11.9. The summed E-state index contributed by atoms with van der Waals surface area (Å²) in [5, 5.41) is 19.7. The average molecular weight is 298 g/mol. The molecule has 0 unspecified atom stereocenters. The van der Waals surface area contributed by atoms with Crippen LogP contribution >= 0.6 is 0 Å². The summed E-state index contributed by atoms with van der Waals surface area (Å²) in [7, 11) is 1.46. The number of benzene rings is 2. The van der Waals surface area contributed by atoms with Crippen LogP contribution in [0.3, 0.4) is 0 Å². The molecule has 0 spiro atoms. The van der Waals surface area contributed by atoms with Gasteiger partial charge in [0.15, 0.2) is 11.5 Å². The van der Waals surface area contributed by atoms with Gasteiger partial charge in [-0.05, 0) is 29.8 Å². The second-order valence-corrected chi connectivity index (χ2v) is 4.96. The van der Waals surface area contributed by atoms with E-state index in [0.717, 1.165) is 5.56 Å². The number of rotatable bonds is 3. The summed E-state index contributed by atoms with van der Waals surface area (Å²) in [5.74, 6) is 0.413. The SMILES string of the molecule is COc1cc2cc(Cc3ccc(O)cc3)c(=O)oc2cc1O. The van der Waals surface area contributed by atoms with Crippen LogP contribution in [0.25, 0.3) is 11.0 Å². The monoisotopic (exact) mass is 298 g/mol. The van der Waals surface area contributed by atoms with Crippen molar-refractivity contribution < 1.29 is 19.4 Å². The lowest BCUT2D eigenvalue weighted by atomic mass is 10.0. The Bertz CT molecular complexity index is 878. The van der Waals surface area contributed by atoms with Gasteiger partial charge in [0, 0.05) is 23.4 Å². The summed E-state index contributed by atoms with van der Waals surface area (Å²) in [5.41, 5.74) is 1.23. The first-order valence-corrected chi connectivity index (χ1v) is 6.68. The van der Waals surface area contributed by atoms with Gasteiger partial charge in [-0.3, -0.25) is 0 Å². The molecule has 2 aromatic carbocycles. The minimum Gasteiger partial charge on any atom is -0.508 e. The van der Waals surface area contributed by atoms with Crippen molar-refractivity contribution in [2.45, 2.75) is 6.42 Å². The number of aromatic hydroxyl groups is 2. The van der Waals surface area contributed by atoms with Crippen LogP contribution in [-0.4, -0.2) is 17.3 Å². The predicted octanol–water partition coefficient (Wildman–Crippen LogP) is 2.80. The molecular formula is C17H14O5. The molecule has 0 fully saturated rings. The molecule has 0 atom stereocenters. The number of ether oxygens (including phenoxy) is 1. The molecule has 22 heavy (non-hydrogen) atoms. The Hall–Kier alpha value is -2.95. The molecule has 5 heteroatoms. The van der Waals surface area contributed by atoms with E-state index in [0.29, 0.717) is 28.7 Å². The van der Waals surface area contributed by atoms with Crippen molar-refractivity contribution in [3.63, 3.8) is 0 Å². The highest BCUT2D eigenvalue weighted by Gasteiger charge is 2.10. The lowest BCUT2D eigenvalue weighted by Crippen LogP contribution is -2.07. The second-order valence-electron chi connectivity index (χ2n) is 4.96. The van der Waals surface area contributed by atoms with E-state index >= 15 is 0 Å². The van der Waals surface area contributed by atoms with Crippen molar-refractivity contribution in [3.8, 4) is 17.2 Å². The number of hydrogen-bond acceptors (Lipinski definition) is 5. The maximum Gasteiger partial charge on any atom is 0.339 e. The zero-order chi connectivity index (χ0) is 15.7. The fourth-order valence-corrected chi connectivity index (χ4v) is 2.30. The summed E-state index contributed by atoms with van der Waals surface area (Å²) in [6.07, 6.45) is 0.391. The van der Waals surface area contributed by atoms with Crippen molar-refractivity contribution in [1.82, 2.24) is 0 Å². The Kier molecular flexibility index (Phi) is 3.47. The van der Waals surface area contributed by atoms with E-state index < -0.39 is 5.63 Å². The normalized spacial score (nSPS) is 10.8. The summed E-state index contributed by atoms with van der Waals surface area (Å²) >= 11 is 0. The van der Waals surface area contributed by atoms with E-state index in [9.17, 15) is 15.0 Å². The van der Waals surface area contributed by atoms with Crippen LogP contribution in [0.4, 0.5) is 0 Å². The highest BCUT2D eigenvalue weighted by Crippen LogP contribution is 2.31. The van der Waals surface area contributed by atoms with Crippen molar-refractivity contribution in [2.24, 2.45) is 0 Å². The van der Waals surface area contributed by atoms with Crippen LogP contribution in [0.2, 0.25) is 0 Å². The molecule has 3 rings (SSSR count). The molecule has 112 valence electrons. The van der Waals surface area contributed by atoms with Crippen molar-refractivity contribution in [1.29, 1.82) is 0 Å². The summed E-state index contributed by atoms with van der Waals surface area (Å²) in [6.45, 7) is 0. The van der Waals surface area contributed by atoms with Gasteiger partial charge in [-0.25, -0.2) is 4.79 Å². The van der Waals surface area contributed by atoms with Crippen LogP contribution in [0, 0.1) is 0 Å². The fraction of sp³-hybridized carbons (Fsp3) is 0.118. The van der Waals surface area contributed by atoms with Crippen LogP contribution in [0.5, 0.6) is 17.2 Å². The highest BCUT2D eigenvalue weighted by molar-refractivity contribution is 5.81. The Morgan fingerprint density at radius 3 is 2.50 bits per heavy atom. The largest absolute Gasteiger partial charge is 0.508 e. The van der Waals surface area contributed by atoms with Gasteiger partial charge >= 0.3 is 5.63 Å².